The standard InChI is InChI=1S/C22H45NO2/c1-18(2)25-17-13-11-12-14-19(24)22(9,10)23(21(6,7)8)16-15-20(3,4)5/h18H,11-17H2,1-10H3. The Balaban J connectivity index is 4.64. The van der Waals surface area contributed by atoms with Gasteiger partial charge in [0.25, 0.3) is 0 Å². The average molecular weight is 356 g/mol. The Kier molecular flexibility index (Phi) is 9.90. The molecule has 0 rings (SSSR count). The molecular weight excluding hydrogens is 310 g/mol. The summed E-state index contributed by atoms with van der Waals surface area (Å²) in [6.45, 7) is 23.5. The zero-order chi connectivity index (χ0) is 19.9. The van der Waals surface area contributed by atoms with Gasteiger partial charge in [-0.15, -0.1) is 0 Å². The van der Waals surface area contributed by atoms with E-state index in [1.807, 2.05) is 0 Å². The number of ether oxygens (including phenoxy) is 1. The highest BCUT2D eigenvalue weighted by molar-refractivity contribution is 5.87. The zero-order valence-corrected chi connectivity index (χ0v) is 18.8. The van der Waals surface area contributed by atoms with Gasteiger partial charge in [0.05, 0.1) is 11.6 Å². The van der Waals surface area contributed by atoms with Crippen LogP contribution in [0.15, 0.2) is 0 Å². The summed E-state index contributed by atoms with van der Waals surface area (Å²) in [5.41, 5.74) is -0.160. The Morgan fingerprint density at radius 2 is 1.48 bits per heavy atom. The molecule has 3 nitrogen and oxygen atoms in total. The Morgan fingerprint density at radius 1 is 0.920 bits per heavy atom. The van der Waals surface area contributed by atoms with Crippen LogP contribution >= 0.6 is 0 Å². The number of nitrogens with zero attached hydrogens (tertiary/aromatic N) is 1. The highest BCUT2D eigenvalue weighted by Gasteiger charge is 2.39. The largest absolute Gasteiger partial charge is 0.379 e. The van der Waals surface area contributed by atoms with Gasteiger partial charge in [-0.05, 0) is 73.1 Å². The summed E-state index contributed by atoms with van der Waals surface area (Å²) in [4.78, 5) is 15.3. The van der Waals surface area contributed by atoms with E-state index in [1.54, 1.807) is 0 Å². The van der Waals surface area contributed by atoms with Gasteiger partial charge in [-0.3, -0.25) is 9.69 Å². The molecule has 0 aliphatic heterocycles. The van der Waals surface area contributed by atoms with Crippen LogP contribution in [0.25, 0.3) is 0 Å². The van der Waals surface area contributed by atoms with E-state index in [0.29, 0.717) is 18.3 Å². The first-order valence-corrected chi connectivity index (χ1v) is 10.1. The minimum Gasteiger partial charge on any atom is -0.379 e. The van der Waals surface area contributed by atoms with Crippen molar-refractivity contribution in [3.63, 3.8) is 0 Å². The predicted octanol–water partition coefficient (Wildman–Crippen LogP) is 5.86. The smallest absolute Gasteiger partial charge is 0.152 e. The number of carbonyl (C=O) groups is 1. The molecule has 0 fully saturated rings. The molecule has 3 heteroatoms. The molecule has 0 aromatic carbocycles. The molecular formula is C22H45NO2. The molecule has 0 spiro atoms. The summed E-state index contributed by atoms with van der Waals surface area (Å²) in [6.07, 6.45) is 5.11. The molecule has 0 aromatic heterocycles. The van der Waals surface area contributed by atoms with Gasteiger partial charge in [-0.1, -0.05) is 27.2 Å². The maximum atomic E-state index is 12.9. The fourth-order valence-corrected chi connectivity index (χ4v) is 3.24. The van der Waals surface area contributed by atoms with Crippen molar-refractivity contribution in [3.05, 3.63) is 0 Å². The van der Waals surface area contributed by atoms with Gasteiger partial charge >= 0.3 is 0 Å². The molecule has 0 radical (unpaired) electrons. The first kappa shape index (κ1) is 24.6. The zero-order valence-electron chi connectivity index (χ0n) is 18.8. The van der Waals surface area contributed by atoms with Crippen molar-refractivity contribution in [1.29, 1.82) is 0 Å². The van der Waals surface area contributed by atoms with Crippen molar-refractivity contribution in [2.24, 2.45) is 5.41 Å². The first-order chi connectivity index (χ1) is 11.2. The first-order valence-electron chi connectivity index (χ1n) is 10.1. The van der Waals surface area contributed by atoms with Crippen LogP contribution in [-0.4, -0.2) is 41.0 Å². The lowest BCUT2D eigenvalue weighted by molar-refractivity contribution is -0.133. The van der Waals surface area contributed by atoms with Crippen molar-refractivity contribution in [3.8, 4) is 0 Å². The number of rotatable bonds is 11. The minimum absolute atomic E-state index is 0.0183. The maximum absolute atomic E-state index is 12.9. The molecule has 0 N–H and O–H groups in total. The third-order valence-electron chi connectivity index (χ3n) is 4.75. The molecule has 0 aliphatic rings. The lowest BCUT2D eigenvalue weighted by atomic mass is 9.85. The van der Waals surface area contributed by atoms with Gasteiger partial charge in [0, 0.05) is 25.1 Å². The summed E-state index contributed by atoms with van der Waals surface area (Å²) in [5, 5.41) is 0. The van der Waals surface area contributed by atoms with E-state index in [-0.39, 0.29) is 11.0 Å². The summed E-state index contributed by atoms with van der Waals surface area (Å²) >= 11 is 0. The van der Waals surface area contributed by atoms with Gasteiger partial charge in [-0.25, -0.2) is 0 Å². The fraction of sp³-hybridized carbons (Fsp3) is 0.955. The fourth-order valence-electron chi connectivity index (χ4n) is 3.24. The molecule has 0 aromatic rings. The number of carbonyl (C=O) groups excluding carboxylic acids is 1. The molecule has 0 atom stereocenters. The van der Waals surface area contributed by atoms with E-state index >= 15 is 0 Å². The highest BCUT2D eigenvalue weighted by atomic mass is 16.5. The topological polar surface area (TPSA) is 29.5 Å². The van der Waals surface area contributed by atoms with Crippen molar-refractivity contribution < 1.29 is 9.53 Å². The maximum Gasteiger partial charge on any atom is 0.152 e. The van der Waals surface area contributed by atoms with Gasteiger partial charge < -0.3 is 4.74 Å². The van der Waals surface area contributed by atoms with Gasteiger partial charge in [0.15, 0.2) is 5.78 Å². The van der Waals surface area contributed by atoms with Crippen LogP contribution in [0.1, 0.15) is 101 Å². The van der Waals surface area contributed by atoms with E-state index in [2.05, 4.69) is 74.1 Å². The van der Waals surface area contributed by atoms with E-state index in [0.717, 1.165) is 38.8 Å². The van der Waals surface area contributed by atoms with Crippen LogP contribution in [0, 0.1) is 5.41 Å². The van der Waals surface area contributed by atoms with E-state index in [9.17, 15) is 4.79 Å². The minimum atomic E-state index is -0.419. The molecule has 0 saturated heterocycles. The lowest BCUT2D eigenvalue weighted by Crippen LogP contribution is -2.58. The van der Waals surface area contributed by atoms with Gasteiger partial charge in [0.1, 0.15) is 0 Å². The van der Waals surface area contributed by atoms with E-state index in [4.69, 9.17) is 4.74 Å². The van der Waals surface area contributed by atoms with Crippen LogP contribution in [0.4, 0.5) is 0 Å². The second kappa shape index (κ2) is 10.1. The predicted molar refractivity (Wildman–Crippen MR) is 109 cm³/mol. The molecule has 0 bridgehead atoms. The van der Waals surface area contributed by atoms with Crippen LogP contribution in [0.5, 0.6) is 0 Å². The Bertz CT molecular complexity index is 386. The number of ketones is 1. The second-order valence-electron chi connectivity index (χ2n) is 10.3. The Labute approximate surface area is 157 Å². The van der Waals surface area contributed by atoms with Crippen LogP contribution in [0.2, 0.25) is 0 Å². The second-order valence-corrected chi connectivity index (χ2v) is 10.3. The summed E-state index contributed by atoms with van der Waals surface area (Å²) in [7, 11) is 0. The molecule has 0 amide bonds. The molecule has 150 valence electrons. The van der Waals surface area contributed by atoms with Crippen molar-refractivity contribution in [2.45, 2.75) is 119 Å². The molecule has 0 unspecified atom stereocenters. The highest BCUT2D eigenvalue weighted by Crippen LogP contribution is 2.30. The third kappa shape index (κ3) is 10.4. The molecule has 25 heavy (non-hydrogen) atoms. The van der Waals surface area contributed by atoms with Crippen molar-refractivity contribution >= 4 is 5.78 Å². The monoisotopic (exact) mass is 355 g/mol. The Hall–Kier alpha value is -0.410. The average Bonchev–Trinajstić information content (AvgIpc) is 2.38. The number of hydrogen-bond acceptors (Lipinski definition) is 3. The van der Waals surface area contributed by atoms with Gasteiger partial charge in [-0.2, -0.15) is 0 Å². The quantitative estimate of drug-likeness (QED) is 0.435. The third-order valence-corrected chi connectivity index (χ3v) is 4.75. The lowest BCUT2D eigenvalue weighted by Gasteiger charge is -2.47. The number of Topliss-reactive ketones (excluding diaryl/α,β-unsaturated/α-hetero) is 1. The van der Waals surface area contributed by atoms with Crippen LogP contribution in [-0.2, 0) is 9.53 Å². The summed E-state index contributed by atoms with van der Waals surface area (Å²) in [5.74, 6) is 0.362. The van der Waals surface area contributed by atoms with Crippen LogP contribution in [0.3, 0.4) is 0 Å². The van der Waals surface area contributed by atoms with E-state index in [1.165, 1.54) is 0 Å². The number of hydrogen-bond donors (Lipinski definition) is 0. The molecule has 0 heterocycles. The number of unbranched alkanes of at least 4 members (excludes halogenated alkanes) is 2. The van der Waals surface area contributed by atoms with Crippen LogP contribution < -0.4 is 0 Å². The summed E-state index contributed by atoms with van der Waals surface area (Å²) < 4.78 is 5.57. The van der Waals surface area contributed by atoms with Gasteiger partial charge in [0.2, 0.25) is 0 Å². The van der Waals surface area contributed by atoms with Crippen molar-refractivity contribution in [2.75, 3.05) is 13.2 Å². The SMILES string of the molecule is CC(C)OCCCCCC(=O)C(C)(C)N(CCC(C)(C)C)C(C)(C)C. The normalized spacial score (nSPS) is 13.8. The van der Waals surface area contributed by atoms with Crippen molar-refractivity contribution in [1.82, 2.24) is 4.90 Å². The molecule has 0 aliphatic carbocycles. The molecule has 0 saturated carbocycles. The summed E-state index contributed by atoms with van der Waals surface area (Å²) in [6, 6.07) is 0. The Morgan fingerprint density at radius 3 is 1.92 bits per heavy atom. The van der Waals surface area contributed by atoms with E-state index < -0.39 is 5.54 Å².